The molecule has 0 saturated carbocycles. The van der Waals surface area contributed by atoms with E-state index in [9.17, 15) is 9.90 Å². The average molecular weight is 411 g/mol. The molecular weight excluding hydrogens is 386 g/mol. The quantitative estimate of drug-likeness (QED) is 0.391. The van der Waals surface area contributed by atoms with Crippen molar-refractivity contribution in [3.8, 4) is 11.1 Å². The number of aliphatic hydroxyl groups is 1. The maximum Gasteiger partial charge on any atom is 0.307 e. The highest BCUT2D eigenvalue weighted by atomic mass is 16.4. The Labute approximate surface area is 173 Å². The number of aromatic nitrogens is 6. The second-order valence-electron chi connectivity index (χ2n) is 7.35. The van der Waals surface area contributed by atoms with Gasteiger partial charge in [-0.05, 0) is 33.9 Å². The molecule has 4 N–H and O–H groups in total. The Morgan fingerprint density at radius 2 is 1.83 bits per heavy atom. The van der Waals surface area contributed by atoms with Gasteiger partial charge in [-0.15, -0.1) is 5.10 Å². The Morgan fingerprint density at radius 1 is 1.13 bits per heavy atom. The van der Waals surface area contributed by atoms with Crippen molar-refractivity contribution in [1.29, 1.82) is 0 Å². The van der Waals surface area contributed by atoms with E-state index < -0.39 is 11.9 Å². The first kappa shape index (κ1) is 21.3. The van der Waals surface area contributed by atoms with Crippen LogP contribution in [0.4, 0.5) is 5.95 Å². The van der Waals surface area contributed by atoms with Crippen LogP contribution in [-0.2, 0) is 11.2 Å². The third kappa shape index (κ3) is 5.15. The van der Waals surface area contributed by atoms with Crippen molar-refractivity contribution < 1.29 is 15.0 Å². The number of carbonyl (C=O) groups is 1. The highest BCUT2D eigenvalue weighted by Gasteiger charge is 2.34. The number of tetrazole rings is 1. The molecule has 0 aliphatic carbocycles. The number of hydrogen-bond donors (Lipinski definition) is 4. The number of carboxylic acids is 1. The summed E-state index contributed by atoms with van der Waals surface area (Å²) >= 11 is 0. The Hall–Kier alpha value is -3.40. The summed E-state index contributed by atoms with van der Waals surface area (Å²) < 4.78 is 0. The van der Waals surface area contributed by atoms with Crippen molar-refractivity contribution in [1.82, 2.24) is 30.6 Å². The third-order valence-electron chi connectivity index (χ3n) is 4.94. The first-order chi connectivity index (χ1) is 14.5. The molecule has 3 rings (SSSR count). The number of benzene rings is 1. The average Bonchev–Trinajstić information content (AvgIpc) is 3.27. The van der Waals surface area contributed by atoms with Crippen LogP contribution in [0.1, 0.15) is 31.2 Å². The summed E-state index contributed by atoms with van der Waals surface area (Å²) in [5, 5.41) is 35.4. The van der Waals surface area contributed by atoms with Gasteiger partial charge in [-0.1, -0.05) is 38.1 Å². The lowest BCUT2D eigenvalue weighted by Gasteiger charge is -2.25. The van der Waals surface area contributed by atoms with Crippen LogP contribution in [0, 0.1) is 11.8 Å². The second-order valence-corrected chi connectivity index (χ2v) is 7.35. The molecule has 2 aromatic heterocycles. The van der Waals surface area contributed by atoms with Crippen molar-refractivity contribution in [2.24, 2.45) is 11.8 Å². The number of aromatic amines is 1. The van der Waals surface area contributed by atoms with Gasteiger partial charge in [0.15, 0.2) is 5.82 Å². The van der Waals surface area contributed by atoms with Gasteiger partial charge in [0.05, 0.1) is 12.5 Å². The van der Waals surface area contributed by atoms with Crippen LogP contribution >= 0.6 is 0 Å². The molecule has 0 saturated heterocycles. The largest absolute Gasteiger partial charge is 0.481 e. The van der Waals surface area contributed by atoms with E-state index in [0.717, 1.165) is 16.7 Å². The van der Waals surface area contributed by atoms with E-state index in [2.05, 4.69) is 35.9 Å². The molecule has 158 valence electrons. The van der Waals surface area contributed by atoms with E-state index in [-0.39, 0.29) is 18.4 Å². The molecule has 2 atom stereocenters. The molecule has 0 amide bonds. The zero-order valence-corrected chi connectivity index (χ0v) is 16.9. The number of H-pyrrole nitrogens is 1. The minimum atomic E-state index is -0.866. The molecule has 10 heteroatoms. The van der Waals surface area contributed by atoms with E-state index in [4.69, 9.17) is 5.11 Å². The number of anilines is 1. The number of rotatable bonds is 10. The van der Waals surface area contributed by atoms with Gasteiger partial charge in [0.1, 0.15) is 0 Å². The van der Waals surface area contributed by atoms with Gasteiger partial charge in [0.2, 0.25) is 5.95 Å². The summed E-state index contributed by atoms with van der Waals surface area (Å²) in [6.45, 7) is 4.18. The number of carboxylic acid groups (broad SMARTS) is 1. The normalized spacial score (nSPS) is 13.2. The van der Waals surface area contributed by atoms with E-state index in [0.29, 0.717) is 24.7 Å². The van der Waals surface area contributed by atoms with Crippen LogP contribution in [-0.4, -0.2) is 59.9 Å². The molecule has 1 aromatic carbocycles. The number of aliphatic hydroxyl groups excluding tert-OH is 1. The van der Waals surface area contributed by atoms with Gasteiger partial charge in [-0.25, -0.2) is 15.1 Å². The highest BCUT2D eigenvalue weighted by molar-refractivity contribution is 5.71. The topological polar surface area (TPSA) is 150 Å². The number of hydrogen-bond acceptors (Lipinski definition) is 8. The van der Waals surface area contributed by atoms with Crippen molar-refractivity contribution in [2.75, 3.05) is 18.5 Å². The van der Waals surface area contributed by atoms with Gasteiger partial charge in [-0.2, -0.15) is 0 Å². The van der Waals surface area contributed by atoms with Crippen molar-refractivity contribution >= 4 is 11.9 Å². The molecule has 30 heavy (non-hydrogen) atoms. The van der Waals surface area contributed by atoms with Crippen molar-refractivity contribution in [3.63, 3.8) is 0 Å². The fraction of sp³-hybridized carbons (Fsp3) is 0.400. The smallest absolute Gasteiger partial charge is 0.307 e. The minimum Gasteiger partial charge on any atom is -0.481 e. The molecule has 0 fully saturated rings. The molecule has 0 bridgehead atoms. The van der Waals surface area contributed by atoms with E-state index in [1.165, 1.54) is 0 Å². The lowest BCUT2D eigenvalue weighted by Crippen LogP contribution is -2.29. The van der Waals surface area contributed by atoms with E-state index in [1.807, 2.05) is 38.1 Å². The first-order valence-corrected chi connectivity index (χ1v) is 9.72. The van der Waals surface area contributed by atoms with Gasteiger partial charge >= 0.3 is 5.97 Å². The lowest BCUT2D eigenvalue weighted by molar-refractivity contribution is -0.144. The van der Waals surface area contributed by atoms with Crippen molar-refractivity contribution in [3.05, 3.63) is 48.0 Å². The zero-order chi connectivity index (χ0) is 21.5. The van der Waals surface area contributed by atoms with Crippen LogP contribution in [0.25, 0.3) is 11.1 Å². The maximum absolute atomic E-state index is 11.9. The predicted molar refractivity (Wildman–Crippen MR) is 110 cm³/mol. The van der Waals surface area contributed by atoms with Gasteiger partial charge in [0, 0.05) is 30.4 Å². The number of nitrogens with one attached hydrogen (secondary N) is 2. The second kappa shape index (κ2) is 9.88. The van der Waals surface area contributed by atoms with E-state index >= 15 is 0 Å². The standard InChI is InChI=1S/C20H25N7O3/c1-12(2)17(19(29)30)16(18-24-26-27-25-18)9-13-3-5-14(6-4-13)15-10-22-20(23-11-15)21-7-8-28/h3-6,10-12,16-17,28H,7-9H2,1-2H3,(H,29,30)(H,21,22,23)(H,24,25,26,27)/t16-,17-/m0/s1. The monoisotopic (exact) mass is 411 g/mol. The Balaban J connectivity index is 1.78. The molecule has 0 spiro atoms. The molecule has 0 unspecified atom stereocenters. The van der Waals surface area contributed by atoms with Crippen LogP contribution in [0.5, 0.6) is 0 Å². The van der Waals surface area contributed by atoms with E-state index in [1.54, 1.807) is 12.4 Å². The molecule has 0 radical (unpaired) electrons. The summed E-state index contributed by atoms with van der Waals surface area (Å²) in [5.41, 5.74) is 2.79. The SMILES string of the molecule is CC(C)[C@H](C(=O)O)[C@H](Cc1ccc(-c2cnc(NCCO)nc2)cc1)c1nnn[nH]1. The van der Waals surface area contributed by atoms with Crippen LogP contribution in [0.15, 0.2) is 36.7 Å². The Kier molecular flexibility index (Phi) is 7.02. The fourth-order valence-corrected chi connectivity index (χ4v) is 3.46. The molecular formula is C20H25N7O3. The van der Waals surface area contributed by atoms with Crippen LogP contribution < -0.4 is 5.32 Å². The maximum atomic E-state index is 11.9. The predicted octanol–water partition coefficient (Wildman–Crippen LogP) is 1.74. The van der Waals surface area contributed by atoms with Gasteiger partial charge in [0.25, 0.3) is 0 Å². The third-order valence-corrected chi connectivity index (χ3v) is 4.94. The lowest BCUT2D eigenvalue weighted by atomic mass is 9.79. The molecule has 0 aliphatic heterocycles. The van der Waals surface area contributed by atoms with Crippen LogP contribution in [0.2, 0.25) is 0 Å². The summed E-state index contributed by atoms with van der Waals surface area (Å²) in [7, 11) is 0. The Bertz CT molecular complexity index is 928. The molecule has 10 nitrogen and oxygen atoms in total. The van der Waals surface area contributed by atoms with Crippen molar-refractivity contribution in [2.45, 2.75) is 26.2 Å². The zero-order valence-electron chi connectivity index (χ0n) is 16.9. The van der Waals surface area contributed by atoms with Gasteiger partial charge < -0.3 is 15.5 Å². The summed E-state index contributed by atoms with van der Waals surface area (Å²) in [6, 6.07) is 7.83. The minimum absolute atomic E-state index is 0.0112. The highest BCUT2D eigenvalue weighted by Crippen LogP contribution is 2.32. The molecule has 3 aromatic rings. The molecule has 2 heterocycles. The first-order valence-electron chi connectivity index (χ1n) is 9.72. The Morgan fingerprint density at radius 3 is 2.37 bits per heavy atom. The number of nitrogens with zero attached hydrogens (tertiary/aromatic N) is 5. The van der Waals surface area contributed by atoms with Gasteiger partial charge in [-0.3, -0.25) is 4.79 Å². The fourth-order valence-electron chi connectivity index (χ4n) is 3.46. The summed E-state index contributed by atoms with van der Waals surface area (Å²) in [5.74, 6) is -1.00. The molecule has 0 aliphatic rings. The number of aliphatic carboxylic acids is 1. The summed E-state index contributed by atoms with van der Waals surface area (Å²) in [4.78, 5) is 20.4. The summed E-state index contributed by atoms with van der Waals surface area (Å²) in [6.07, 6.45) is 3.92. The van der Waals surface area contributed by atoms with Crippen LogP contribution in [0.3, 0.4) is 0 Å².